The molecule has 2 rings (SSSR count). The molecule has 0 radical (unpaired) electrons. The minimum Gasteiger partial charge on any atom is -0.454 e. The van der Waals surface area contributed by atoms with Crippen molar-refractivity contribution in [3.05, 3.63) is 18.2 Å². The predicted octanol–water partition coefficient (Wildman–Crippen LogP) is 2.19. The van der Waals surface area contributed by atoms with Gasteiger partial charge in [0.1, 0.15) is 0 Å². The van der Waals surface area contributed by atoms with E-state index in [1.807, 2.05) is 5.32 Å². The second-order valence-corrected chi connectivity index (χ2v) is 3.49. The molecule has 1 aromatic rings. The molecular weight excluding hydrogens is 244 g/mol. The highest BCUT2D eigenvalue weighted by atomic mass is 35.5. The van der Waals surface area contributed by atoms with E-state index >= 15 is 0 Å². The lowest BCUT2D eigenvalue weighted by atomic mass is 10.3. The molecule has 0 bridgehead atoms. The van der Waals surface area contributed by atoms with Gasteiger partial charge in [0.2, 0.25) is 6.79 Å². The van der Waals surface area contributed by atoms with E-state index in [0.29, 0.717) is 11.5 Å². The van der Waals surface area contributed by atoms with Crippen LogP contribution >= 0.6 is 11.6 Å². The molecule has 1 amide bonds. The Kier molecular flexibility index (Phi) is 2.59. The number of nitrogens with one attached hydrogen (secondary N) is 1. The number of halogens is 3. The molecule has 1 heterocycles. The molecule has 1 aliphatic heterocycles. The zero-order valence-electron chi connectivity index (χ0n) is 7.80. The second-order valence-electron chi connectivity index (χ2n) is 3.02. The summed E-state index contributed by atoms with van der Waals surface area (Å²) in [7, 11) is 0. The van der Waals surface area contributed by atoms with E-state index in [9.17, 15) is 13.6 Å². The molecule has 0 saturated heterocycles. The number of carbonyl (C=O) groups excluding carboxylic acids is 1. The average Bonchev–Trinajstić information content (AvgIpc) is 2.63. The van der Waals surface area contributed by atoms with Gasteiger partial charge in [0.25, 0.3) is 0 Å². The maximum Gasteiger partial charge on any atom is 0.400 e. The minimum atomic E-state index is -3.93. The van der Waals surface area contributed by atoms with Crippen molar-refractivity contribution < 1.29 is 23.0 Å². The highest BCUT2D eigenvalue weighted by molar-refractivity contribution is 6.33. The number of alkyl halides is 3. The Bertz CT molecular complexity index is 433. The largest absolute Gasteiger partial charge is 0.454 e. The third-order valence-corrected chi connectivity index (χ3v) is 2.06. The van der Waals surface area contributed by atoms with E-state index in [1.165, 1.54) is 18.2 Å². The van der Waals surface area contributed by atoms with Crippen LogP contribution in [0.15, 0.2) is 18.2 Å². The lowest BCUT2D eigenvalue weighted by Crippen LogP contribution is -2.28. The van der Waals surface area contributed by atoms with E-state index in [1.54, 1.807) is 0 Å². The van der Waals surface area contributed by atoms with Gasteiger partial charge in [-0.25, -0.2) is 0 Å². The van der Waals surface area contributed by atoms with Crippen LogP contribution < -0.4 is 14.8 Å². The van der Waals surface area contributed by atoms with Gasteiger partial charge in [-0.05, 0) is 23.7 Å². The number of hydrogen-bond acceptors (Lipinski definition) is 3. The van der Waals surface area contributed by atoms with Crippen molar-refractivity contribution in [3.8, 4) is 11.5 Å². The van der Waals surface area contributed by atoms with Crippen LogP contribution in [0.25, 0.3) is 0 Å². The number of anilines is 1. The molecule has 0 spiro atoms. The van der Waals surface area contributed by atoms with Crippen molar-refractivity contribution >= 4 is 23.2 Å². The Balaban J connectivity index is 2.14. The van der Waals surface area contributed by atoms with Crippen LogP contribution in [0.4, 0.5) is 14.5 Å². The molecule has 1 aliphatic rings. The van der Waals surface area contributed by atoms with Gasteiger partial charge in [0.15, 0.2) is 11.5 Å². The first-order valence-electron chi connectivity index (χ1n) is 4.24. The fourth-order valence-electron chi connectivity index (χ4n) is 1.18. The third kappa shape index (κ3) is 2.16. The SMILES string of the molecule is O=C(Nc1ccc2c(c1)OCO2)C(F)(F)Cl. The van der Waals surface area contributed by atoms with Crippen LogP contribution in [0, 0.1) is 0 Å². The van der Waals surface area contributed by atoms with Gasteiger partial charge in [-0.1, -0.05) is 0 Å². The van der Waals surface area contributed by atoms with E-state index in [2.05, 4.69) is 11.6 Å². The second kappa shape index (κ2) is 3.79. The molecule has 0 fully saturated rings. The number of carbonyl (C=O) groups is 1. The van der Waals surface area contributed by atoms with Gasteiger partial charge < -0.3 is 14.8 Å². The normalized spacial score (nSPS) is 13.7. The molecule has 7 heteroatoms. The van der Waals surface area contributed by atoms with Gasteiger partial charge in [-0.15, -0.1) is 0 Å². The van der Waals surface area contributed by atoms with Crippen LogP contribution in [-0.2, 0) is 4.79 Å². The standard InChI is InChI=1S/C9H6ClF2NO3/c10-9(11,12)8(14)13-5-1-2-6-7(3-5)16-4-15-6/h1-3H,4H2,(H,13,14). The Morgan fingerprint density at radius 2 is 2.06 bits per heavy atom. The average molecular weight is 250 g/mol. The summed E-state index contributed by atoms with van der Waals surface area (Å²) >= 11 is 4.55. The Labute approximate surface area is 94.1 Å². The van der Waals surface area contributed by atoms with Crippen LogP contribution in [0.5, 0.6) is 11.5 Å². The minimum absolute atomic E-state index is 0.0679. The molecule has 86 valence electrons. The summed E-state index contributed by atoms with van der Waals surface area (Å²) in [6, 6.07) is 4.29. The summed E-state index contributed by atoms with van der Waals surface area (Å²) in [6.45, 7) is 0.0679. The van der Waals surface area contributed by atoms with E-state index in [-0.39, 0.29) is 12.5 Å². The monoisotopic (exact) mass is 249 g/mol. The maximum absolute atomic E-state index is 12.4. The summed E-state index contributed by atoms with van der Waals surface area (Å²) in [5, 5.41) is -1.98. The number of rotatable bonds is 2. The fourth-order valence-corrected chi connectivity index (χ4v) is 1.22. The topological polar surface area (TPSA) is 47.6 Å². The van der Waals surface area contributed by atoms with Crippen molar-refractivity contribution in [2.24, 2.45) is 0 Å². The van der Waals surface area contributed by atoms with Crippen LogP contribution in [-0.4, -0.2) is 18.1 Å². The number of hydrogen-bond donors (Lipinski definition) is 1. The quantitative estimate of drug-likeness (QED) is 0.818. The van der Waals surface area contributed by atoms with Gasteiger partial charge in [-0.3, -0.25) is 4.79 Å². The first kappa shape index (κ1) is 10.9. The van der Waals surface area contributed by atoms with Gasteiger partial charge >= 0.3 is 11.3 Å². The summed E-state index contributed by atoms with van der Waals surface area (Å²) in [5.41, 5.74) is 0.162. The zero-order valence-corrected chi connectivity index (χ0v) is 8.55. The lowest BCUT2D eigenvalue weighted by Gasteiger charge is -2.09. The third-order valence-electron chi connectivity index (χ3n) is 1.89. The highest BCUT2D eigenvalue weighted by Gasteiger charge is 2.35. The van der Waals surface area contributed by atoms with Gasteiger partial charge in [0.05, 0.1) is 0 Å². The van der Waals surface area contributed by atoms with Crippen molar-refractivity contribution in [1.29, 1.82) is 0 Å². The zero-order chi connectivity index (χ0) is 11.8. The van der Waals surface area contributed by atoms with Gasteiger partial charge in [0, 0.05) is 11.8 Å². The lowest BCUT2D eigenvalue weighted by molar-refractivity contribution is -0.130. The van der Waals surface area contributed by atoms with E-state index in [4.69, 9.17) is 9.47 Å². The first-order valence-corrected chi connectivity index (χ1v) is 4.62. The number of fused-ring (bicyclic) bond motifs is 1. The molecule has 0 aliphatic carbocycles. The number of ether oxygens (including phenoxy) is 2. The number of amides is 1. The summed E-state index contributed by atoms with van der Waals surface area (Å²) < 4.78 is 34.8. The number of benzene rings is 1. The Hall–Kier alpha value is -1.56. The van der Waals surface area contributed by atoms with Crippen molar-refractivity contribution in [2.75, 3.05) is 12.1 Å². The van der Waals surface area contributed by atoms with Gasteiger partial charge in [-0.2, -0.15) is 8.78 Å². The summed E-state index contributed by atoms with van der Waals surface area (Å²) in [4.78, 5) is 10.9. The molecule has 1 aromatic carbocycles. The molecule has 4 nitrogen and oxygen atoms in total. The molecular formula is C9H6ClF2NO3. The van der Waals surface area contributed by atoms with Crippen LogP contribution in [0.3, 0.4) is 0 Å². The van der Waals surface area contributed by atoms with E-state index < -0.39 is 11.3 Å². The van der Waals surface area contributed by atoms with Crippen LogP contribution in [0.2, 0.25) is 0 Å². The van der Waals surface area contributed by atoms with E-state index in [0.717, 1.165) is 0 Å². The highest BCUT2D eigenvalue weighted by Crippen LogP contribution is 2.34. The van der Waals surface area contributed by atoms with Crippen molar-refractivity contribution in [1.82, 2.24) is 0 Å². The van der Waals surface area contributed by atoms with Crippen molar-refractivity contribution in [3.63, 3.8) is 0 Å². The molecule has 0 aromatic heterocycles. The summed E-state index contributed by atoms with van der Waals surface area (Å²) in [5.74, 6) is -0.709. The first-order chi connectivity index (χ1) is 7.47. The molecule has 0 unspecified atom stereocenters. The molecule has 1 N–H and O–H groups in total. The van der Waals surface area contributed by atoms with Crippen LogP contribution in [0.1, 0.15) is 0 Å². The molecule has 0 saturated carbocycles. The maximum atomic E-state index is 12.4. The molecule has 16 heavy (non-hydrogen) atoms. The summed E-state index contributed by atoms with van der Waals surface area (Å²) in [6.07, 6.45) is 0. The smallest absolute Gasteiger partial charge is 0.400 e. The fraction of sp³-hybridized carbons (Fsp3) is 0.222. The Morgan fingerprint density at radius 1 is 1.38 bits per heavy atom. The van der Waals surface area contributed by atoms with Crippen molar-refractivity contribution in [2.45, 2.75) is 5.38 Å². The Morgan fingerprint density at radius 3 is 2.75 bits per heavy atom. The predicted molar refractivity (Wildman–Crippen MR) is 52.0 cm³/mol. The molecule has 0 atom stereocenters.